The van der Waals surface area contributed by atoms with E-state index in [9.17, 15) is 0 Å². The number of halogens is 1. The lowest BCUT2D eigenvalue weighted by atomic mass is 9.86. The van der Waals surface area contributed by atoms with Crippen LogP contribution in [0.15, 0.2) is 120 Å². The van der Waals surface area contributed by atoms with E-state index in [1.165, 1.54) is 64.0 Å². The molecule has 34 heavy (non-hydrogen) atoms. The molecule has 6 aromatic carbocycles. The molecule has 0 aliphatic carbocycles. The highest BCUT2D eigenvalue weighted by molar-refractivity contribution is 9.10. The highest BCUT2D eigenvalue weighted by Gasteiger charge is 2.19. The van der Waals surface area contributed by atoms with E-state index in [0.29, 0.717) is 0 Å². The molecule has 1 heterocycles. The largest absolute Gasteiger partial charge is 0.133 e. The molecule has 0 unspecified atom stereocenters. The van der Waals surface area contributed by atoms with Crippen LogP contribution in [0.5, 0.6) is 0 Å². The van der Waals surface area contributed by atoms with Gasteiger partial charge in [-0.3, -0.25) is 0 Å². The second-order valence-electron chi connectivity index (χ2n) is 8.61. The first-order chi connectivity index (χ1) is 16.8. The fourth-order valence-electron chi connectivity index (χ4n) is 5.32. The summed E-state index contributed by atoms with van der Waals surface area (Å²) in [5.41, 5.74) is 5.18. The lowest BCUT2D eigenvalue weighted by molar-refractivity contribution is 1.67. The minimum atomic E-state index is 1.16. The zero-order valence-corrected chi connectivity index (χ0v) is 20.7. The molecule has 7 rings (SSSR count). The molecular weight excluding hydrogens is 496 g/mol. The molecule has 0 aliphatic rings. The van der Waals surface area contributed by atoms with Gasteiger partial charge in [0.1, 0.15) is 0 Å². The van der Waals surface area contributed by atoms with Gasteiger partial charge in [-0.25, -0.2) is 0 Å². The highest BCUT2D eigenvalue weighted by Crippen LogP contribution is 2.48. The van der Waals surface area contributed by atoms with Crippen molar-refractivity contribution >= 4 is 69.0 Å². The van der Waals surface area contributed by atoms with Gasteiger partial charge in [-0.05, 0) is 60.2 Å². The van der Waals surface area contributed by atoms with E-state index >= 15 is 0 Å². The molecular formula is C32H19BrS. The van der Waals surface area contributed by atoms with E-state index in [0.717, 1.165) is 4.47 Å². The van der Waals surface area contributed by atoms with Crippen molar-refractivity contribution in [3.05, 3.63) is 120 Å². The van der Waals surface area contributed by atoms with Crippen molar-refractivity contribution in [1.29, 1.82) is 0 Å². The summed E-state index contributed by atoms with van der Waals surface area (Å²) in [6, 6.07) is 41.8. The van der Waals surface area contributed by atoms with Crippen LogP contribution in [0.1, 0.15) is 0 Å². The van der Waals surface area contributed by atoms with Crippen LogP contribution in [0.25, 0.3) is 64.0 Å². The molecule has 0 N–H and O–H groups in total. The average molecular weight is 515 g/mol. The summed E-state index contributed by atoms with van der Waals surface area (Å²) < 4.78 is 3.80. The van der Waals surface area contributed by atoms with E-state index in [2.05, 4.69) is 131 Å². The second kappa shape index (κ2) is 7.80. The maximum absolute atomic E-state index is 3.78. The Balaban J connectivity index is 1.69. The van der Waals surface area contributed by atoms with Crippen LogP contribution in [0.3, 0.4) is 0 Å². The Kier molecular flexibility index (Phi) is 4.58. The van der Waals surface area contributed by atoms with Gasteiger partial charge < -0.3 is 0 Å². The predicted octanol–water partition coefficient (Wildman–Crippen LogP) is 10.5. The molecule has 0 bridgehead atoms. The van der Waals surface area contributed by atoms with E-state index in [4.69, 9.17) is 0 Å². The van der Waals surface area contributed by atoms with Crippen LogP contribution in [-0.2, 0) is 0 Å². The summed E-state index contributed by atoms with van der Waals surface area (Å²) in [6.45, 7) is 0. The van der Waals surface area contributed by atoms with Gasteiger partial charge in [0.05, 0.1) is 0 Å². The lowest BCUT2D eigenvalue weighted by Crippen LogP contribution is -1.90. The Morgan fingerprint density at radius 3 is 1.56 bits per heavy atom. The van der Waals surface area contributed by atoms with Crippen molar-refractivity contribution in [2.24, 2.45) is 0 Å². The van der Waals surface area contributed by atoms with Gasteiger partial charge in [0, 0.05) is 30.2 Å². The number of thiophene rings is 1. The van der Waals surface area contributed by atoms with Gasteiger partial charge in [0.15, 0.2) is 0 Å². The molecule has 0 fully saturated rings. The monoisotopic (exact) mass is 514 g/mol. The lowest BCUT2D eigenvalue weighted by Gasteiger charge is -2.18. The van der Waals surface area contributed by atoms with Crippen LogP contribution in [0.2, 0.25) is 0 Å². The van der Waals surface area contributed by atoms with Gasteiger partial charge in [-0.15, -0.1) is 11.3 Å². The van der Waals surface area contributed by atoms with E-state index in [-0.39, 0.29) is 0 Å². The third kappa shape index (κ3) is 2.89. The molecule has 0 atom stereocenters. The van der Waals surface area contributed by atoms with E-state index in [1.54, 1.807) is 0 Å². The van der Waals surface area contributed by atoms with Gasteiger partial charge in [-0.1, -0.05) is 109 Å². The summed E-state index contributed by atoms with van der Waals surface area (Å²) >= 11 is 5.66. The standard InChI is InChI=1S/C32H19BrS/c33-28-19-9-17-26-25-16-8-18-27(31(25)34-32(26)28)30-23-14-6-4-12-21(23)29(20-10-2-1-3-11-20)22-13-5-7-15-24(22)30/h1-19H. The SMILES string of the molecule is Brc1cccc2c1sc1c(-c3c4ccccc4c(-c4ccccc4)c4ccccc34)cccc12. The van der Waals surface area contributed by atoms with Crippen molar-refractivity contribution in [1.82, 2.24) is 0 Å². The summed E-state index contributed by atoms with van der Waals surface area (Å²) in [7, 11) is 0. The molecule has 7 aromatic rings. The van der Waals surface area contributed by atoms with Crippen LogP contribution in [-0.4, -0.2) is 0 Å². The zero-order chi connectivity index (χ0) is 22.6. The molecule has 0 saturated carbocycles. The Hall–Kier alpha value is -3.46. The molecule has 0 saturated heterocycles. The van der Waals surface area contributed by atoms with Crippen molar-refractivity contribution in [2.45, 2.75) is 0 Å². The number of hydrogen-bond donors (Lipinski definition) is 0. The normalized spacial score (nSPS) is 11.7. The fraction of sp³-hybridized carbons (Fsp3) is 0. The molecule has 2 heteroatoms. The van der Waals surface area contributed by atoms with Gasteiger partial charge in [0.25, 0.3) is 0 Å². The number of benzene rings is 6. The summed E-state index contributed by atoms with van der Waals surface area (Å²) in [4.78, 5) is 0. The van der Waals surface area contributed by atoms with Crippen molar-refractivity contribution in [3.63, 3.8) is 0 Å². The Labute approximate surface area is 210 Å². The van der Waals surface area contributed by atoms with Crippen molar-refractivity contribution < 1.29 is 0 Å². The number of hydrogen-bond acceptors (Lipinski definition) is 1. The summed E-state index contributed by atoms with van der Waals surface area (Å²) in [6.07, 6.45) is 0. The third-order valence-corrected chi connectivity index (χ3v) is 8.95. The molecule has 0 spiro atoms. The average Bonchev–Trinajstić information content (AvgIpc) is 3.28. The molecule has 0 amide bonds. The highest BCUT2D eigenvalue weighted by atomic mass is 79.9. The van der Waals surface area contributed by atoms with Gasteiger partial charge in [-0.2, -0.15) is 0 Å². The fourth-order valence-corrected chi connectivity index (χ4v) is 7.15. The summed E-state index contributed by atoms with van der Waals surface area (Å²) in [5, 5.41) is 7.81. The molecule has 0 radical (unpaired) electrons. The maximum atomic E-state index is 3.78. The minimum Gasteiger partial charge on any atom is -0.133 e. The topological polar surface area (TPSA) is 0 Å². The van der Waals surface area contributed by atoms with Crippen molar-refractivity contribution in [2.75, 3.05) is 0 Å². The molecule has 160 valence electrons. The molecule has 1 aromatic heterocycles. The molecule has 0 aliphatic heterocycles. The predicted molar refractivity (Wildman–Crippen MR) is 153 cm³/mol. The van der Waals surface area contributed by atoms with Gasteiger partial charge >= 0.3 is 0 Å². The van der Waals surface area contributed by atoms with Crippen LogP contribution in [0.4, 0.5) is 0 Å². The van der Waals surface area contributed by atoms with E-state index in [1.807, 2.05) is 11.3 Å². The Morgan fingerprint density at radius 1 is 0.412 bits per heavy atom. The smallest absolute Gasteiger partial charge is 0.0497 e. The Bertz CT molecular complexity index is 1800. The quantitative estimate of drug-likeness (QED) is 0.201. The van der Waals surface area contributed by atoms with E-state index < -0.39 is 0 Å². The summed E-state index contributed by atoms with van der Waals surface area (Å²) in [5.74, 6) is 0. The van der Waals surface area contributed by atoms with Gasteiger partial charge in [0.2, 0.25) is 0 Å². The second-order valence-corrected chi connectivity index (χ2v) is 10.5. The third-order valence-electron chi connectivity index (χ3n) is 6.74. The molecule has 0 nitrogen and oxygen atoms in total. The first kappa shape index (κ1) is 20.0. The van der Waals surface area contributed by atoms with Crippen molar-refractivity contribution in [3.8, 4) is 22.3 Å². The first-order valence-corrected chi connectivity index (χ1v) is 13.0. The minimum absolute atomic E-state index is 1.16. The first-order valence-electron chi connectivity index (χ1n) is 11.4. The Morgan fingerprint density at radius 2 is 0.912 bits per heavy atom. The van der Waals surface area contributed by atoms with Crippen LogP contribution < -0.4 is 0 Å². The maximum Gasteiger partial charge on any atom is 0.0497 e. The van der Waals surface area contributed by atoms with Crippen LogP contribution in [0, 0.1) is 0 Å². The number of fused-ring (bicyclic) bond motifs is 5. The van der Waals surface area contributed by atoms with Crippen LogP contribution >= 0.6 is 27.3 Å². The number of rotatable bonds is 2. The zero-order valence-electron chi connectivity index (χ0n) is 18.3.